The van der Waals surface area contributed by atoms with E-state index in [2.05, 4.69) is 15.3 Å². The molecule has 3 heterocycles. The number of hydrogen-bond donors (Lipinski definition) is 1. The third-order valence-electron chi connectivity index (χ3n) is 3.39. The first-order valence-electron chi connectivity index (χ1n) is 6.74. The molecule has 1 N–H and O–H groups in total. The highest BCUT2D eigenvalue weighted by atomic mass is 16.2. The van der Waals surface area contributed by atoms with Gasteiger partial charge in [-0.2, -0.15) is 0 Å². The van der Waals surface area contributed by atoms with Crippen LogP contribution in [-0.2, 0) is 0 Å². The maximum atomic E-state index is 12.5. The average molecular weight is 280 g/mol. The third kappa shape index (κ3) is 2.38. The first-order chi connectivity index (χ1) is 10.1. The summed E-state index contributed by atoms with van der Waals surface area (Å²) in [5.74, 6) is -0.170. The number of anilines is 1. The second-order valence-electron chi connectivity index (χ2n) is 5.07. The number of rotatable bonds is 2. The van der Waals surface area contributed by atoms with Gasteiger partial charge in [-0.15, -0.1) is 0 Å². The van der Waals surface area contributed by atoms with Gasteiger partial charge in [0, 0.05) is 23.8 Å². The Labute approximate surface area is 122 Å². The normalized spacial score (nSPS) is 10.8. The molecule has 106 valence electrons. The third-order valence-corrected chi connectivity index (χ3v) is 3.39. The van der Waals surface area contributed by atoms with Crippen LogP contribution in [0.1, 0.15) is 27.4 Å². The fourth-order valence-electron chi connectivity index (χ4n) is 2.40. The number of fused-ring (bicyclic) bond motifs is 1. The Morgan fingerprint density at radius 2 is 2.05 bits per heavy atom. The highest BCUT2D eigenvalue weighted by molar-refractivity contribution is 6.04. The van der Waals surface area contributed by atoms with Gasteiger partial charge in [0.1, 0.15) is 11.3 Å². The van der Waals surface area contributed by atoms with Gasteiger partial charge in [0.2, 0.25) is 0 Å². The lowest BCUT2D eigenvalue weighted by atomic mass is 10.3. The van der Waals surface area contributed by atoms with Crippen molar-refractivity contribution in [2.24, 2.45) is 0 Å². The van der Waals surface area contributed by atoms with E-state index < -0.39 is 0 Å². The molecule has 0 spiro atoms. The molecule has 3 rings (SSSR count). The van der Waals surface area contributed by atoms with Crippen molar-refractivity contribution in [2.75, 3.05) is 5.32 Å². The van der Waals surface area contributed by atoms with E-state index in [1.807, 2.05) is 49.6 Å². The van der Waals surface area contributed by atoms with E-state index in [0.29, 0.717) is 11.4 Å². The van der Waals surface area contributed by atoms with Gasteiger partial charge < -0.3 is 5.32 Å². The maximum Gasteiger partial charge on any atom is 0.274 e. The zero-order chi connectivity index (χ0) is 15.0. The van der Waals surface area contributed by atoms with Crippen LogP contribution in [-0.4, -0.2) is 20.3 Å². The highest BCUT2D eigenvalue weighted by Gasteiger charge is 2.17. The summed E-state index contributed by atoms with van der Waals surface area (Å²) in [7, 11) is 0. The molecule has 5 heteroatoms. The number of aryl methyl sites for hydroxylation is 3. The molecule has 0 aliphatic rings. The summed E-state index contributed by atoms with van der Waals surface area (Å²) < 4.78 is 1.83. The van der Waals surface area contributed by atoms with Crippen LogP contribution in [0.15, 0.2) is 36.7 Å². The van der Waals surface area contributed by atoms with Gasteiger partial charge in [0.05, 0.1) is 5.69 Å². The quantitative estimate of drug-likeness (QED) is 0.785. The van der Waals surface area contributed by atoms with Gasteiger partial charge >= 0.3 is 0 Å². The zero-order valence-electron chi connectivity index (χ0n) is 12.2. The number of nitrogens with zero attached hydrogens (tertiary/aromatic N) is 3. The Balaban J connectivity index is 2.02. The number of nitrogens with one attached hydrogen (secondary N) is 1. The molecule has 0 fully saturated rings. The summed E-state index contributed by atoms with van der Waals surface area (Å²) in [4.78, 5) is 21.1. The van der Waals surface area contributed by atoms with Crippen LogP contribution in [0, 0.1) is 20.8 Å². The van der Waals surface area contributed by atoms with Crippen molar-refractivity contribution in [3.05, 3.63) is 59.3 Å². The molecule has 1 amide bonds. The Hall–Kier alpha value is -2.69. The summed E-state index contributed by atoms with van der Waals surface area (Å²) in [6, 6.07) is 7.50. The van der Waals surface area contributed by atoms with Crippen LogP contribution in [0.2, 0.25) is 0 Å². The van der Waals surface area contributed by atoms with Crippen LogP contribution in [0.5, 0.6) is 0 Å². The maximum absolute atomic E-state index is 12.5. The molecule has 3 aromatic rings. The summed E-state index contributed by atoms with van der Waals surface area (Å²) >= 11 is 0. The molecular formula is C16H16N4O. The van der Waals surface area contributed by atoms with E-state index in [1.165, 1.54) is 0 Å². The Kier molecular flexibility index (Phi) is 3.17. The molecule has 5 nitrogen and oxygen atoms in total. The van der Waals surface area contributed by atoms with E-state index in [1.54, 1.807) is 12.3 Å². The molecular weight excluding hydrogens is 264 g/mol. The van der Waals surface area contributed by atoms with Gasteiger partial charge in [-0.1, -0.05) is 6.07 Å². The van der Waals surface area contributed by atoms with Crippen molar-refractivity contribution >= 4 is 17.2 Å². The summed E-state index contributed by atoms with van der Waals surface area (Å²) in [5, 5.41) is 2.90. The minimum atomic E-state index is -0.170. The molecule has 21 heavy (non-hydrogen) atoms. The predicted octanol–water partition coefficient (Wildman–Crippen LogP) is 2.91. The number of aromatic nitrogens is 3. The van der Waals surface area contributed by atoms with E-state index >= 15 is 0 Å². The molecule has 0 aromatic carbocycles. The summed E-state index contributed by atoms with van der Waals surface area (Å²) in [6.45, 7) is 5.72. The average Bonchev–Trinajstić information content (AvgIpc) is 2.76. The van der Waals surface area contributed by atoms with E-state index in [4.69, 9.17) is 0 Å². The number of hydrogen-bond acceptors (Lipinski definition) is 3. The van der Waals surface area contributed by atoms with E-state index in [-0.39, 0.29) is 5.91 Å². The Bertz CT molecular complexity index is 835. The fraction of sp³-hybridized carbons (Fsp3) is 0.188. The molecule has 0 atom stereocenters. The van der Waals surface area contributed by atoms with Gasteiger partial charge in [0.25, 0.3) is 5.91 Å². The Morgan fingerprint density at radius 1 is 1.24 bits per heavy atom. The molecule has 0 aliphatic heterocycles. The monoisotopic (exact) mass is 280 g/mol. The predicted molar refractivity (Wildman–Crippen MR) is 81.6 cm³/mol. The summed E-state index contributed by atoms with van der Waals surface area (Å²) in [6.07, 6.45) is 3.53. The van der Waals surface area contributed by atoms with Crippen LogP contribution in [0.4, 0.5) is 5.69 Å². The smallest absolute Gasteiger partial charge is 0.274 e. The van der Waals surface area contributed by atoms with Crippen LogP contribution in [0.25, 0.3) is 5.65 Å². The topological polar surface area (TPSA) is 59.3 Å². The van der Waals surface area contributed by atoms with E-state index in [9.17, 15) is 4.79 Å². The SMILES string of the molecule is Cc1cc(NC(=O)c2c(C)nc3c(C)cccn23)ccn1. The molecule has 0 radical (unpaired) electrons. The van der Waals surface area contributed by atoms with Crippen molar-refractivity contribution in [2.45, 2.75) is 20.8 Å². The van der Waals surface area contributed by atoms with Crippen LogP contribution >= 0.6 is 0 Å². The minimum Gasteiger partial charge on any atom is -0.321 e. The van der Waals surface area contributed by atoms with Gasteiger partial charge in [-0.05, 0) is 44.5 Å². The molecule has 3 aromatic heterocycles. The van der Waals surface area contributed by atoms with Crippen molar-refractivity contribution in [3.63, 3.8) is 0 Å². The van der Waals surface area contributed by atoms with Crippen molar-refractivity contribution < 1.29 is 4.79 Å². The highest BCUT2D eigenvalue weighted by Crippen LogP contribution is 2.17. The fourth-order valence-corrected chi connectivity index (χ4v) is 2.40. The molecule has 0 unspecified atom stereocenters. The molecule has 0 saturated heterocycles. The lowest BCUT2D eigenvalue weighted by Crippen LogP contribution is -2.15. The number of carbonyl (C=O) groups is 1. The molecule has 0 aliphatic carbocycles. The number of pyridine rings is 2. The lowest BCUT2D eigenvalue weighted by molar-refractivity contribution is 0.102. The lowest BCUT2D eigenvalue weighted by Gasteiger charge is -2.06. The summed E-state index contributed by atoms with van der Waals surface area (Å²) in [5.41, 5.74) is 4.72. The Morgan fingerprint density at radius 3 is 2.81 bits per heavy atom. The standard InChI is InChI=1S/C16H16N4O/c1-10-5-4-8-20-14(12(3)18-15(10)20)16(21)19-13-6-7-17-11(2)9-13/h4-9H,1-3H3,(H,17,19,21). The van der Waals surface area contributed by atoms with Crippen molar-refractivity contribution in [1.82, 2.24) is 14.4 Å². The second-order valence-corrected chi connectivity index (χ2v) is 5.07. The van der Waals surface area contributed by atoms with Crippen LogP contribution in [0.3, 0.4) is 0 Å². The number of carbonyl (C=O) groups excluding carboxylic acids is 1. The van der Waals surface area contributed by atoms with Crippen molar-refractivity contribution in [3.8, 4) is 0 Å². The zero-order valence-corrected chi connectivity index (χ0v) is 12.2. The largest absolute Gasteiger partial charge is 0.321 e. The first-order valence-corrected chi connectivity index (χ1v) is 6.74. The van der Waals surface area contributed by atoms with Gasteiger partial charge in [-0.3, -0.25) is 14.2 Å². The first kappa shape index (κ1) is 13.3. The number of imidazole rings is 1. The second kappa shape index (κ2) is 5.01. The van der Waals surface area contributed by atoms with Crippen LogP contribution < -0.4 is 5.32 Å². The van der Waals surface area contributed by atoms with E-state index in [0.717, 1.165) is 22.6 Å². The van der Waals surface area contributed by atoms with Gasteiger partial charge in [0.15, 0.2) is 0 Å². The van der Waals surface area contributed by atoms with Crippen molar-refractivity contribution in [1.29, 1.82) is 0 Å². The molecule has 0 bridgehead atoms. The molecule has 0 saturated carbocycles. The minimum absolute atomic E-state index is 0.170. The number of amides is 1. The van der Waals surface area contributed by atoms with Gasteiger partial charge in [-0.25, -0.2) is 4.98 Å².